The standard InChI is InChI=1S/C10H15N3O3/c1-8(14)4-2-6-11-10-9(13(15)16)5-3-7-12-10/h3,5,7-8,14H,2,4,6H2,1H3,(H,11,12). The minimum atomic E-state index is -0.468. The second kappa shape index (κ2) is 6.02. The molecule has 6 nitrogen and oxygen atoms in total. The predicted molar refractivity (Wildman–Crippen MR) is 60.3 cm³/mol. The summed E-state index contributed by atoms with van der Waals surface area (Å²) in [6, 6.07) is 2.93. The van der Waals surface area contributed by atoms with Gasteiger partial charge in [0.2, 0.25) is 5.82 Å². The molecule has 0 saturated heterocycles. The second-order valence-electron chi connectivity index (χ2n) is 3.55. The van der Waals surface area contributed by atoms with Gasteiger partial charge < -0.3 is 10.4 Å². The number of hydrogen-bond donors (Lipinski definition) is 2. The third-order valence-corrected chi connectivity index (χ3v) is 2.07. The molecule has 88 valence electrons. The van der Waals surface area contributed by atoms with Gasteiger partial charge in [-0.05, 0) is 25.8 Å². The molecule has 1 aromatic rings. The topological polar surface area (TPSA) is 88.3 Å². The van der Waals surface area contributed by atoms with Crippen molar-refractivity contribution in [1.29, 1.82) is 0 Å². The number of aromatic nitrogens is 1. The number of hydrogen-bond acceptors (Lipinski definition) is 5. The normalized spacial score (nSPS) is 12.1. The Morgan fingerprint density at radius 2 is 2.44 bits per heavy atom. The van der Waals surface area contributed by atoms with Crippen LogP contribution in [0.1, 0.15) is 19.8 Å². The van der Waals surface area contributed by atoms with E-state index < -0.39 is 4.92 Å². The summed E-state index contributed by atoms with van der Waals surface area (Å²) in [5.41, 5.74) is -0.0282. The van der Waals surface area contributed by atoms with Crippen LogP contribution in [0, 0.1) is 10.1 Å². The molecule has 1 atom stereocenters. The highest BCUT2D eigenvalue weighted by atomic mass is 16.6. The van der Waals surface area contributed by atoms with Crippen LogP contribution in [-0.2, 0) is 0 Å². The molecule has 1 rings (SSSR count). The number of nitrogens with one attached hydrogen (secondary N) is 1. The molecule has 0 aromatic carbocycles. The van der Waals surface area contributed by atoms with Crippen molar-refractivity contribution in [3.8, 4) is 0 Å². The van der Waals surface area contributed by atoms with E-state index >= 15 is 0 Å². The van der Waals surface area contributed by atoms with E-state index in [1.165, 1.54) is 18.3 Å². The molecule has 0 saturated carbocycles. The molecule has 0 fully saturated rings. The van der Waals surface area contributed by atoms with Crippen molar-refractivity contribution in [2.75, 3.05) is 11.9 Å². The lowest BCUT2D eigenvalue weighted by atomic mass is 10.2. The van der Waals surface area contributed by atoms with Gasteiger partial charge in [-0.15, -0.1) is 0 Å². The third kappa shape index (κ3) is 3.82. The Morgan fingerprint density at radius 1 is 1.69 bits per heavy atom. The minimum Gasteiger partial charge on any atom is -0.393 e. The van der Waals surface area contributed by atoms with Gasteiger partial charge in [0.1, 0.15) is 0 Å². The Morgan fingerprint density at radius 3 is 3.06 bits per heavy atom. The van der Waals surface area contributed by atoms with Crippen molar-refractivity contribution in [2.24, 2.45) is 0 Å². The average molecular weight is 225 g/mol. The van der Waals surface area contributed by atoms with Crippen LogP contribution in [0.25, 0.3) is 0 Å². The summed E-state index contributed by atoms with van der Waals surface area (Å²) in [7, 11) is 0. The highest BCUT2D eigenvalue weighted by Crippen LogP contribution is 2.19. The van der Waals surface area contributed by atoms with E-state index in [9.17, 15) is 10.1 Å². The van der Waals surface area contributed by atoms with Gasteiger partial charge in [-0.2, -0.15) is 0 Å². The molecule has 1 unspecified atom stereocenters. The van der Waals surface area contributed by atoms with E-state index in [2.05, 4.69) is 10.3 Å². The van der Waals surface area contributed by atoms with Gasteiger partial charge in [0.15, 0.2) is 0 Å². The van der Waals surface area contributed by atoms with E-state index in [4.69, 9.17) is 5.11 Å². The monoisotopic (exact) mass is 225 g/mol. The van der Waals surface area contributed by atoms with Crippen LogP contribution in [0.4, 0.5) is 11.5 Å². The van der Waals surface area contributed by atoms with Crippen LogP contribution >= 0.6 is 0 Å². The number of rotatable bonds is 6. The van der Waals surface area contributed by atoms with Gasteiger partial charge in [0.05, 0.1) is 11.0 Å². The summed E-state index contributed by atoms with van der Waals surface area (Å²) in [4.78, 5) is 14.1. The summed E-state index contributed by atoms with van der Waals surface area (Å²) in [5.74, 6) is 0.276. The first-order valence-electron chi connectivity index (χ1n) is 5.12. The maximum Gasteiger partial charge on any atom is 0.311 e. The van der Waals surface area contributed by atoms with Crippen LogP contribution in [0.5, 0.6) is 0 Å². The van der Waals surface area contributed by atoms with E-state index in [-0.39, 0.29) is 17.6 Å². The molecule has 6 heteroatoms. The number of nitro groups is 1. The molecule has 0 aliphatic heterocycles. The van der Waals surface area contributed by atoms with Crippen molar-refractivity contribution in [1.82, 2.24) is 4.98 Å². The zero-order chi connectivity index (χ0) is 12.0. The maximum atomic E-state index is 10.6. The second-order valence-corrected chi connectivity index (χ2v) is 3.55. The molecular weight excluding hydrogens is 210 g/mol. The van der Waals surface area contributed by atoms with Gasteiger partial charge >= 0.3 is 5.69 Å². The first-order chi connectivity index (χ1) is 7.61. The smallest absolute Gasteiger partial charge is 0.311 e. The Hall–Kier alpha value is -1.69. The molecule has 0 aliphatic carbocycles. The van der Waals surface area contributed by atoms with Crippen molar-refractivity contribution in [3.63, 3.8) is 0 Å². The van der Waals surface area contributed by atoms with Crippen molar-refractivity contribution >= 4 is 11.5 Å². The number of aliphatic hydroxyl groups excluding tert-OH is 1. The maximum absolute atomic E-state index is 10.6. The van der Waals surface area contributed by atoms with Crippen LogP contribution in [-0.4, -0.2) is 27.7 Å². The SMILES string of the molecule is CC(O)CCCNc1ncccc1[N+](=O)[O-]. The highest BCUT2D eigenvalue weighted by Gasteiger charge is 2.12. The average Bonchev–Trinajstić information content (AvgIpc) is 2.24. The van der Waals surface area contributed by atoms with Crippen LogP contribution in [0.15, 0.2) is 18.3 Å². The molecule has 0 spiro atoms. The molecule has 16 heavy (non-hydrogen) atoms. The zero-order valence-corrected chi connectivity index (χ0v) is 9.09. The lowest BCUT2D eigenvalue weighted by Crippen LogP contribution is -2.08. The lowest BCUT2D eigenvalue weighted by molar-refractivity contribution is -0.384. The van der Waals surface area contributed by atoms with Crippen LogP contribution in [0.3, 0.4) is 0 Å². The van der Waals surface area contributed by atoms with Crippen LogP contribution in [0.2, 0.25) is 0 Å². The molecule has 1 heterocycles. The summed E-state index contributed by atoms with van der Waals surface area (Å²) >= 11 is 0. The van der Waals surface area contributed by atoms with Crippen LogP contribution < -0.4 is 5.32 Å². The molecule has 0 aliphatic rings. The number of aliphatic hydroxyl groups is 1. The van der Waals surface area contributed by atoms with Gasteiger partial charge in [-0.25, -0.2) is 4.98 Å². The van der Waals surface area contributed by atoms with Gasteiger partial charge in [0, 0.05) is 18.8 Å². The molecule has 0 amide bonds. The fraction of sp³-hybridized carbons (Fsp3) is 0.500. The summed E-state index contributed by atoms with van der Waals surface area (Å²) in [6.07, 6.45) is 2.56. The quantitative estimate of drug-likeness (QED) is 0.435. The molecule has 1 aromatic heterocycles. The number of nitrogens with zero attached hydrogens (tertiary/aromatic N) is 2. The van der Waals surface area contributed by atoms with E-state index in [0.717, 1.165) is 6.42 Å². The van der Waals surface area contributed by atoms with Gasteiger partial charge in [0.25, 0.3) is 0 Å². The van der Waals surface area contributed by atoms with Crippen molar-refractivity contribution < 1.29 is 10.0 Å². The summed E-state index contributed by atoms with van der Waals surface area (Å²) in [5, 5.41) is 22.6. The minimum absolute atomic E-state index is 0.0282. The number of anilines is 1. The first kappa shape index (κ1) is 12.4. The Kier molecular flexibility index (Phi) is 4.65. The van der Waals surface area contributed by atoms with E-state index in [0.29, 0.717) is 13.0 Å². The van der Waals surface area contributed by atoms with E-state index in [1.54, 1.807) is 6.92 Å². The molecule has 0 radical (unpaired) electrons. The number of pyridine rings is 1. The first-order valence-corrected chi connectivity index (χ1v) is 5.12. The zero-order valence-electron chi connectivity index (χ0n) is 9.09. The van der Waals surface area contributed by atoms with Gasteiger partial charge in [-0.1, -0.05) is 0 Å². The fourth-order valence-corrected chi connectivity index (χ4v) is 1.28. The molecule has 2 N–H and O–H groups in total. The van der Waals surface area contributed by atoms with Gasteiger partial charge in [-0.3, -0.25) is 10.1 Å². The summed E-state index contributed by atoms with van der Waals surface area (Å²) in [6.45, 7) is 2.27. The summed E-state index contributed by atoms with van der Waals surface area (Å²) < 4.78 is 0. The lowest BCUT2D eigenvalue weighted by Gasteiger charge is -2.06. The molecular formula is C10H15N3O3. The fourth-order valence-electron chi connectivity index (χ4n) is 1.28. The Balaban J connectivity index is 2.50. The largest absolute Gasteiger partial charge is 0.393 e. The van der Waals surface area contributed by atoms with Crippen molar-refractivity contribution in [2.45, 2.75) is 25.9 Å². The van der Waals surface area contributed by atoms with Crippen molar-refractivity contribution in [3.05, 3.63) is 28.4 Å². The molecule has 0 bridgehead atoms. The third-order valence-electron chi connectivity index (χ3n) is 2.07. The predicted octanol–water partition coefficient (Wildman–Crippen LogP) is 1.56. The highest BCUT2D eigenvalue weighted by molar-refractivity contribution is 5.54. The Labute approximate surface area is 93.5 Å². The Bertz CT molecular complexity index is 355. The van der Waals surface area contributed by atoms with E-state index in [1.807, 2.05) is 0 Å².